The highest BCUT2D eigenvalue weighted by atomic mass is 19.3. The van der Waals surface area contributed by atoms with Crippen molar-refractivity contribution in [3.63, 3.8) is 0 Å². The van der Waals surface area contributed by atoms with Crippen LogP contribution >= 0.6 is 0 Å². The predicted molar refractivity (Wildman–Crippen MR) is 117 cm³/mol. The number of rotatable bonds is 7. The summed E-state index contributed by atoms with van der Waals surface area (Å²) in [6.45, 7) is 0.187. The first-order valence-electron chi connectivity index (χ1n) is 10.1. The van der Waals surface area contributed by atoms with E-state index in [9.17, 15) is 30.7 Å². The van der Waals surface area contributed by atoms with Gasteiger partial charge in [0.15, 0.2) is 17.4 Å². The van der Waals surface area contributed by atoms with Crippen molar-refractivity contribution in [3.05, 3.63) is 96.3 Å². The van der Waals surface area contributed by atoms with Gasteiger partial charge in [0, 0.05) is 17.0 Å². The van der Waals surface area contributed by atoms with E-state index in [1.165, 1.54) is 18.2 Å². The highest BCUT2D eigenvalue weighted by Crippen LogP contribution is 2.37. The Morgan fingerprint density at radius 3 is 2.11 bits per heavy atom. The largest absolute Gasteiger partial charge is 0.489 e. The summed E-state index contributed by atoms with van der Waals surface area (Å²) in [4.78, 5) is 0. The summed E-state index contributed by atoms with van der Waals surface area (Å²) in [7, 11) is 0. The molecule has 0 bridgehead atoms. The first-order valence-corrected chi connectivity index (χ1v) is 10.1. The summed E-state index contributed by atoms with van der Waals surface area (Å²) in [6, 6.07) is 9.68. The Morgan fingerprint density at radius 1 is 0.771 bits per heavy atom. The summed E-state index contributed by atoms with van der Waals surface area (Å²) in [5.41, 5.74) is -0.748. The molecule has 0 aliphatic heterocycles. The molecular weight excluding hydrogens is 477 g/mol. The molecular formula is C26H15F7O2. The Labute approximate surface area is 194 Å². The van der Waals surface area contributed by atoms with E-state index in [1.807, 2.05) is 0 Å². The molecule has 0 atom stereocenters. The molecule has 0 aromatic heterocycles. The fourth-order valence-electron chi connectivity index (χ4n) is 3.64. The van der Waals surface area contributed by atoms with Gasteiger partial charge < -0.3 is 9.47 Å². The molecule has 0 unspecified atom stereocenters. The molecule has 9 heteroatoms. The molecule has 2 nitrogen and oxygen atoms in total. The van der Waals surface area contributed by atoms with Crippen molar-refractivity contribution in [2.24, 2.45) is 0 Å². The molecule has 4 aromatic carbocycles. The molecule has 0 fully saturated rings. The molecule has 0 aliphatic rings. The first-order chi connectivity index (χ1) is 16.7. The minimum absolute atomic E-state index is 0.0745. The number of halogens is 7. The number of hydrogen-bond acceptors (Lipinski definition) is 2. The lowest BCUT2D eigenvalue weighted by Crippen LogP contribution is -2.06. The van der Waals surface area contributed by atoms with E-state index >= 15 is 0 Å². The predicted octanol–water partition coefficient (Wildman–Crippen LogP) is 8.04. The van der Waals surface area contributed by atoms with Crippen LogP contribution < -0.4 is 9.47 Å². The molecule has 0 amide bonds. The van der Waals surface area contributed by atoms with E-state index in [4.69, 9.17) is 4.74 Å². The van der Waals surface area contributed by atoms with Crippen LogP contribution in [0.15, 0.2) is 67.3 Å². The Morgan fingerprint density at radius 2 is 1.49 bits per heavy atom. The number of benzene rings is 4. The van der Waals surface area contributed by atoms with Gasteiger partial charge in [-0.1, -0.05) is 24.8 Å². The normalized spacial score (nSPS) is 11.2. The van der Waals surface area contributed by atoms with E-state index in [2.05, 4.69) is 11.3 Å². The van der Waals surface area contributed by atoms with Crippen LogP contribution in [0.1, 0.15) is 0 Å². The molecule has 0 aliphatic carbocycles. The van der Waals surface area contributed by atoms with Crippen molar-refractivity contribution in [1.29, 1.82) is 0 Å². The Balaban J connectivity index is 1.74. The zero-order valence-electron chi connectivity index (χ0n) is 17.7. The average molecular weight is 492 g/mol. The van der Waals surface area contributed by atoms with Crippen molar-refractivity contribution >= 4 is 10.8 Å². The van der Waals surface area contributed by atoms with Gasteiger partial charge in [0.05, 0.1) is 5.56 Å². The molecule has 0 spiro atoms. The van der Waals surface area contributed by atoms with Gasteiger partial charge in [0.25, 0.3) is 0 Å². The lowest BCUT2D eigenvalue weighted by atomic mass is 9.96. The topological polar surface area (TPSA) is 18.5 Å². The second kappa shape index (κ2) is 9.69. The summed E-state index contributed by atoms with van der Waals surface area (Å²) in [6.07, 6.45) is 1.47. The standard InChI is InChI=1S/C26H15F7O2/c1-2-7-34-16-4-6-17(19(27)12-16)15-9-20(28)23(21(29)10-15)13-3-5-18-14(8-13)11-22(30)25(24(18)31)35-26(32)33/h2-6,8-12,26H,1,7H2. The minimum atomic E-state index is -3.45. The second-order valence-corrected chi connectivity index (χ2v) is 7.37. The smallest absolute Gasteiger partial charge is 0.387 e. The third kappa shape index (κ3) is 4.80. The van der Waals surface area contributed by atoms with E-state index in [0.29, 0.717) is 0 Å². The molecule has 0 radical (unpaired) electrons. The van der Waals surface area contributed by atoms with Crippen LogP contribution in [0, 0.1) is 29.1 Å². The number of ether oxygens (including phenoxy) is 2. The van der Waals surface area contributed by atoms with Crippen LogP contribution in [0.5, 0.6) is 11.5 Å². The van der Waals surface area contributed by atoms with Crippen LogP contribution in [0.4, 0.5) is 30.7 Å². The third-order valence-corrected chi connectivity index (χ3v) is 5.14. The summed E-state index contributed by atoms with van der Waals surface area (Å²) in [5, 5.41) is -0.424. The van der Waals surface area contributed by atoms with Gasteiger partial charge in [-0.05, 0) is 52.9 Å². The summed E-state index contributed by atoms with van der Waals surface area (Å²) in [5.74, 6) is -6.70. The average Bonchev–Trinajstić information content (AvgIpc) is 2.79. The molecule has 4 rings (SSSR count). The highest BCUT2D eigenvalue weighted by molar-refractivity contribution is 5.89. The van der Waals surface area contributed by atoms with Gasteiger partial charge in [0.1, 0.15) is 29.8 Å². The van der Waals surface area contributed by atoms with Crippen LogP contribution in [-0.2, 0) is 0 Å². The minimum Gasteiger partial charge on any atom is -0.489 e. The quantitative estimate of drug-likeness (QED) is 0.192. The van der Waals surface area contributed by atoms with E-state index in [0.717, 1.165) is 42.5 Å². The van der Waals surface area contributed by atoms with Gasteiger partial charge in [-0.15, -0.1) is 0 Å². The maximum atomic E-state index is 15.0. The van der Waals surface area contributed by atoms with Gasteiger partial charge >= 0.3 is 6.61 Å². The van der Waals surface area contributed by atoms with Crippen molar-refractivity contribution < 1.29 is 40.2 Å². The lowest BCUT2D eigenvalue weighted by molar-refractivity contribution is -0.0544. The fourth-order valence-corrected chi connectivity index (χ4v) is 3.64. The zero-order chi connectivity index (χ0) is 25.3. The van der Waals surface area contributed by atoms with Crippen molar-refractivity contribution in [3.8, 4) is 33.8 Å². The fraction of sp³-hybridized carbons (Fsp3) is 0.0769. The van der Waals surface area contributed by atoms with Crippen molar-refractivity contribution in [1.82, 2.24) is 0 Å². The monoisotopic (exact) mass is 492 g/mol. The number of fused-ring (bicyclic) bond motifs is 1. The third-order valence-electron chi connectivity index (χ3n) is 5.14. The zero-order valence-corrected chi connectivity index (χ0v) is 17.7. The van der Waals surface area contributed by atoms with Crippen LogP contribution in [0.25, 0.3) is 33.0 Å². The lowest BCUT2D eigenvalue weighted by Gasteiger charge is -2.13. The Kier molecular flexibility index (Phi) is 6.68. The Bertz CT molecular complexity index is 1410. The van der Waals surface area contributed by atoms with Gasteiger partial charge in [-0.25, -0.2) is 22.0 Å². The molecule has 0 heterocycles. The maximum absolute atomic E-state index is 15.0. The summed E-state index contributed by atoms with van der Waals surface area (Å²) >= 11 is 0. The molecule has 35 heavy (non-hydrogen) atoms. The van der Waals surface area contributed by atoms with E-state index in [-0.39, 0.29) is 39.8 Å². The SMILES string of the molecule is C=CCOc1ccc(-c2cc(F)c(-c3ccc4c(F)c(OC(F)F)c(F)cc4c3)c(F)c2)c(F)c1. The summed E-state index contributed by atoms with van der Waals surface area (Å²) < 4.78 is 107. The Hall–Kier alpha value is -4.01. The van der Waals surface area contributed by atoms with Crippen LogP contribution in [-0.4, -0.2) is 13.2 Å². The first kappa shape index (κ1) is 24.1. The molecule has 0 saturated carbocycles. The van der Waals surface area contributed by atoms with E-state index < -0.39 is 47.0 Å². The number of hydrogen-bond donors (Lipinski definition) is 0. The van der Waals surface area contributed by atoms with Crippen LogP contribution in [0.3, 0.4) is 0 Å². The van der Waals surface area contributed by atoms with Crippen molar-refractivity contribution in [2.75, 3.05) is 6.61 Å². The van der Waals surface area contributed by atoms with Gasteiger partial charge in [-0.3, -0.25) is 0 Å². The van der Waals surface area contributed by atoms with E-state index in [1.54, 1.807) is 0 Å². The second-order valence-electron chi connectivity index (χ2n) is 7.37. The highest BCUT2D eigenvalue weighted by Gasteiger charge is 2.21. The van der Waals surface area contributed by atoms with Crippen LogP contribution in [0.2, 0.25) is 0 Å². The van der Waals surface area contributed by atoms with Gasteiger partial charge in [0.2, 0.25) is 0 Å². The molecule has 0 saturated heterocycles. The molecule has 4 aromatic rings. The molecule has 0 N–H and O–H groups in total. The van der Waals surface area contributed by atoms with Gasteiger partial charge in [-0.2, -0.15) is 8.78 Å². The maximum Gasteiger partial charge on any atom is 0.387 e. The number of alkyl halides is 2. The van der Waals surface area contributed by atoms with Crippen molar-refractivity contribution in [2.45, 2.75) is 6.61 Å². The molecule has 180 valence electrons.